The summed E-state index contributed by atoms with van der Waals surface area (Å²) in [7, 11) is 0. The van der Waals surface area contributed by atoms with Crippen LogP contribution in [0.5, 0.6) is 0 Å². The summed E-state index contributed by atoms with van der Waals surface area (Å²) in [5, 5.41) is 1.05. The number of benzene rings is 2. The number of alkyl halides is 1. The van der Waals surface area contributed by atoms with Gasteiger partial charge in [0.05, 0.1) is 5.02 Å². The van der Waals surface area contributed by atoms with Crippen LogP contribution in [0.25, 0.3) is 0 Å². The summed E-state index contributed by atoms with van der Waals surface area (Å²) in [6, 6.07) is 15.3. The molecule has 0 aliphatic heterocycles. The van der Waals surface area contributed by atoms with Crippen LogP contribution in [0.15, 0.2) is 48.5 Å². The fourth-order valence-corrected chi connectivity index (χ4v) is 3.60. The van der Waals surface area contributed by atoms with Gasteiger partial charge in [-0.1, -0.05) is 76.9 Å². The van der Waals surface area contributed by atoms with E-state index in [9.17, 15) is 4.39 Å². The average molecular weight is 356 g/mol. The molecule has 0 heterocycles. The molecule has 0 amide bonds. The number of rotatable bonds is 5. The van der Waals surface area contributed by atoms with Gasteiger partial charge in [-0.05, 0) is 30.0 Å². The predicted octanol–water partition coefficient (Wildman–Crippen LogP) is 5.76. The molecule has 0 nitrogen and oxygen atoms in total. The molecule has 2 rings (SSSR count). The highest BCUT2D eigenvalue weighted by molar-refractivity contribution is 9.09. The summed E-state index contributed by atoms with van der Waals surface area (Å²) in [5.74, 6) is -0.350. The first-order valence-electron chi connectivity index (χ1n) is 6.67. The zero-order valence-corrected chi connectivity index (χ0v) is 13.7. The maximum Gasteiger partial charge on any atom is 0.142 e. The second kappa shape index (κ2) is 6.73. The first-order chi connectivity index (χ1) is 9.63. The van der Waals surface area contributed by atoms with Gasteiger partial charge in [0.2, 0.25) is 0 Å². The van der Waals surface area contributed by atoms with Crippen molar-refractivity contribution in [3.8, 4) is 0 Å². The van der Waals surface area contributed by atoms with Crippen LogP contribution in [0.1, 0.15) is 24.5 Å². The molecule has 0 bridgehead atoms. The van der Waals surface area contributed by atoms with Crippen molar-refractivity contribution >= 4 is 27.5 Å². The Morgan fingerprint density at radius 2 is 1.80 bits per heavy atom. The second-order valence-corrected chi connectivity index (χ2v) is 5.96. The van der Waals surface area contributed by atoms with Crippen LogP contribution in [0.3, 0.4) is 0 Å². The highest BCUT2D eigenvalue weighted by Crippen LogP contribution is 2.36. The van der Waals surface area contributed by atoms with E-state index >= 15 is 0 Å². The van der Waals surface area contributed by atoms with Gasteiger partial charge >= 0.3 is 0 Å². The summed E-state index contributed by atoms with van der Waals surface area (Å²) in [6.07, 6.45) is 1.67. The van der Waals surface area contributed by atoms with E-state index in [4.69, 9.17) is 11.6 Å². The fraction of sp³-hybridized carbons (Fsp3) is 0.294. The van der Waals surface area contributed by atoms with Crippen molar-refractivity contribution in [3.05, 3.63) is 70.5 Å². The highest BCUT2D eigenvalue weighted by atomic mass is 79.9. The smallest absolute Gasteiger partial charge is 0.142 e. The molecule has 0 aromatic heterocycles. The zero-order chi connectivity index (χ0) is 14.6. The highest BCUT2D eigenvalue weighted by Gasteiger charge is 2.30. The molecular weight excluding hydrogens is 339 g/mol. The van der Waals surface area contributed by atoms with Crippen molar-refractivity contribution in [1.29, 1.82) is 0 Å². The first kappa shape index (κ1) is 15.5. The molecule has 1 unspecified atom stereocenters. The minimum absolute atomic E-state index is 0.0707. The van der Waals surface area contributed by atoms with Gasteiger partial charge in [-0.2, -0.15) is 0 Å². The van der Waals surface area contributed by atoms with Gasteiger partial charge in [0.15, 0.2) is 0 Å². The monoisotopic (exact) mass is 354 g/mol. The molecule has 2 aromatic rings. The average Bonchev–Trinajstić information content (AvgIpc) is 2.50. The largest absolute Gasteiger partial charge is 0.205 e. The summed E-state index contributed by atoms with van der Waals surface area (Å²) < 4.78 is 13.6. The predicted molar refractivity (Wildman–Crippen MR) is 87.3 cm³/mol. The van der Waals surface area contributed by atoms with E-state index in [1.165, 1.54) is 11.6 Å². The topological polar surface area (TPSA) is 0 Å². The van der Waals surface area contributed by atoms with E-state index in [-0.39, 0.29) is 16.3 Å². The molecule has 0 saturated carbocycles. The molecule has 106 valence electrons. The van der Waals surface area contributed by atoms with Crippen LogP contribution in [-0.2, 0) is 11.8 Å². The minimum atomic E-state index is -0.350. The SMILES string of the molecule is CCC(CBr)(Cc1cccc(F)c1Cl)c1ccccc1. The van der Waals surface area contributed by atoms with Crippen LogP contribution < -0.4 is 0 Å². The number of hydrogen-bond acceptors (Lipinski definition) is 0. The van der Waals surface area contributed by atoms with E-state index in [1.807, 2.05) is 24.3 Å². The lowest BCUT2D eigenvalue weighted by atomic mass is 9.75. The fourth-order valence-electron chi connectivity index (χ4n) is 2.49. The van der Waals surface area contributed by atoms with Crippen molar-refractivity contribution in [2.75, 3.05) is 5.33 Å². The third-order valence-corrected chi connectivity index (χ3v) is 5.38. The maximum atomic E-state index is 13.6. The number of hydrogen-bond donors (Lipinski definition) is 0. The molecule has 0 saturated heterocycles. The Hall–Kier alpha value is -0.860. The van der Waals surface area contributed by atoms with Crippen molar-refractivity contribution < 1.29 is 4.39 Å². The second-order valence-electron chi connectivity index (χ2n) is 5.02. The molecule has 0 N–H and O–H groups in total. The van der Waals surface area contributed by atoms with Gasteiger partial charge in [-0.3, -0.25) is 0 Å². The molecule has 0 aliphatic carbocycles. The quantitative estimate of drug-likeness (QED) is 0.598. The summed E-state index contributed by atoms with van der Waals surface area (Å²) in [5.41, 5.74) is 2.04. The molecule has 3 heteroatoms. The standard InChI is InChI=1S/C17H17BrClF/c1-2-17(12-18,14-8-4-3-5-9-14)11-13-7-6-10-15(20)16(13)19/h3-10H,2,11-12H2,1H3. The molecule has 1 atom stereocenters. The van der Waals surface area contributed by atoms with Crippen LogP contribution >= 0.6 is 27.5 Å². The molecular formula is C17H17BrClF. The van der Waals surface area contributed by atoms with E-state index < -0.39 is 0 Å². The molecule has 0 fully saturated rings. The lowest BCUT2D eigenvalue weighted by Gasteiger charge is -2.32. The van der Waals surface area contributed by atoms with E-state index in [0.29, 0.717) is 0 Å². The van der Waals surface area contributed by atoms with Gasteiger partial charge in [-0.15, -0.1) is 0 Å². The molecule has 20 heavy (non-hydrogen) atoms. The summed E-state index contributed by atoms with van der Waals surface area (Å²) in [6.45, 7) is 2.15. The van der Waals surface area contributed by atoms with Crippen LogP contribution in [0.4, 0.5) is 4.39 Å². The van der Waals surface area contributed by atoms with Crippen LogP contribution in [0.2, 0.25) is 5.02 Å². The van der Waals surface area contributed by atoms with Gasteiger partial charge < -0.3 is 0 Å². The number of halogens is 3. The van der Waals surface area contributed by atoms with Crippen molar-refractivity contribution in [2.45, 2.75) is 25.2 Å². The molecule has 0 aliphatic rings. The zero-order valence-electron chi connectivity index (χ0n) is 11.4. The maximum absolute atomic E-state index is 13.6. The Kier molecular flexibility index (Phi) is 5.22. The van der Waals surface area contributed by atoms with Crippen molar-refractivity contribution in [3.63, 3.8) is 0 Å². The summed E-state index contributed by atoms with van der Waals surface area (Å²) in [4.78, 5) is 0. The summed E-state index contributed by atoms with van der Waals surface area (Å²) >= 11 is 9.74. The Morgan fingerprint density at radius 3 is 2.40 bits per heavy atom. The Balaban J connectivity index is 2.42. The third-order valence-electron chi connectivity index (χ3n) is 3.88. The van der Waals surface area contributed by atoms with E-state index in [1.54, 1.807) is 6.07 Å². The normalized spacial score (nSPS) is 14.0. The van der Waals surface area contributed by atoms with E-state index in [0.717, 1.165) is 23.7 Å². The van der Waals surface area contributed by atoms with Gasteiger partial charge in [0.1, 0.15) is 5.82 Å². The van der Waals surface area contributed by atoms with Crippen molar-refractivity contribution in [2.24, 2.45) is 0 Å². The third kappa shape index (κ3) is 3.07. The molecule has 0 radical (unpaired) electrons. The Labute approximate surface area is 133 Å². The van der Waals surface area contributed by atoms with Crippen molar-refractivity contribution in [1.82, 2.24) is 0 Å². The first-order valence-corrected chi connectivity index (χ1v) is 8.17. The van der Waals surface area contributed by atoms with Gasteiger partial charge in [0, 0.05) is 10.7 Å². The van der Waals surface area contributed by atoms with Crippen LogP contribution in [-0.4, -0.2) is 5.33 Å². The van der Waals surface area contributed by atoms with Gasteiger partial charge in [-0.25, -0.2) is 4.39 Å². The Bertz CT molecular complexity index is 564. The lowest BCUT2D eigenvalue weighted by molar-refractivity contribution is 0.463. The lowest BCUT2D eigenvalue weighted by Crippen LogP contribution is -2.30. The van der Waals surface area contributed by atoms with E-state index in [2.05, 4.69) is 35.0 Å². The molecule has 2 aromatic carbocycles. The van der Waals surface area contributed by atoms with Gasteiger partial charge in [0.25, 0.3) is 0 Å². The minimum Gasteiger partial charge on any atom is -0.205 e. The Morgan fingerprint density at radius 1 is 1.10 bits per heavy atom. The van der Waals surface area contributed by atoms with Crippen LogP contribution in [0, 0.1) is 5.82 Å². The molecule has 0 spiro atoms.